The summed E-state index contributed by atoms with van der Waals surface area (Å²) in [7, 11) is 0. The predicted molar refractivity (Wildman–Crippen MR) is 78.3 cm³/mol. The number of phenolic OH excluding ortho intramolecular Hbond substituents is 1. The second kappa shape index (κ2) is 4.87. The number of allylic oxidation sites excluding steroid dienone is 1. The normalized spacial score (nSPS) is 20.5. The molecular weight excluding hydrogens is 284 g/mol. The van der Waals surface area contributed by atoms with Crippen LogP contribution in [-0.4, -0.2) is 21.2 Å². The second-order valence-corrected chi connectivity index (χ2v) is 5.42. The van der Waals surface area contributed by atoms with Gasteiger partial charge in [-0.25, -0.2) is 4.63 Å². The van der Waals surface area contributed by atoms with E-state index >= 15 is 0 Å². The topological polar surface area (TPSA) is 100 Å². The molecule has 0 bridgehead atoms. The van der Waals surface area contributed by atoms with E-state index in [0.29, 0.717) is 23.6 Å². The Morgan fingerprint density at radius 1 is 1.14 bits per heavy atom. The Hall–Kier alpha value is -2.83. The average molecular weight is 298 g/mol. The summed E-state index contributed by atoms with van der Waals surface area (Å²) in [5.41, 5.74) is 2.44. The third-order valence-electron chi connectivity index (χ3n) is 4.01. The van der Waals surface area contributed by atoms with Gasteiger partial charge in [0.05, 0.1) is 6.04 Å². The van der Waals surface area contributed by atoms with Gasteiger partial charge < -0.3 is 15.7 Å². The summed E-state index contributed by atoms with van der Waals surface area (Å²) in [6, 6.07) is 6.44. The average Bonchev–Trinajstić information content (AvgIpc) is 2.87. The number of fused-ring (bicyclic) bond motifs is 1. The van der Waals surface area contributed by atoms with Crippen LogP contribution < -0.4 is 10.6 Å². The molecule has 0 radical (unpaired) electrons. The van der Waals surface area contributed by atoms with Crippen molar-refractivity contribution in [1.29, 1.82) is 0 Å². The molecule has 0 spiro atoms. The van der Waals surface area contributed by atoms with Crippen LogP contribution in [0.25, 0.3) is 0 Å². The maximum atomic E-state index is 12.5. The van der Waals surface area contributed by atoms with E-state index in [1.165, 1.54) is 0 Å². The van der Waals surface area contributed by atoms with E-state index in [0.717, 1.165) is 24.1 Å². The molecule has 1 aromatic heterocycles. The van der Waals surface area contributed by atoms with E-state index in [1.807, 2.05) is 0 Å². The largest absolute Gasteiger partial charge is 0.508 e. The molecule has 2 aliphatic rings. The van der Waals surface area contributed by atoms with Gasteiger partial charge in [0.25, 0.3) is 0 Å². The summed E-state index contributed by atoms with van der Waals surface area (Å²) in [5, 5.41) is 23.5. The van der Waals surface area contributed by atoms with E-state index in [2.05, 4.69) is 20.9 Å². The number of phenols is 1. The fraction of sp³-hybridized carbons (Fsp3) is 0.267. The molecule has 0 unspecified atom stereocenters. The predicted octanol–water partition coefficient (Wildman–Crippen LogP) is 2.36. The lowest BCUT2D eigenvalue weighted by atomic mass is 9.87. The molecule has 112 valence electrons. The molecule has 0 amide bonds. The molecule has 0 saturated carbocycles. The van der Waals surface area contributed by atoms with Crippen LogP contribution in [0.5, 0.6) is 5.75 Å². The second-order valence-electron chi connectivity index (χ2n) is 5.42. The lowest BCUT2D eigenvalue weighted by molar-refractivity contribution is -0.116. The number of hydrogen-bond donors (Lipinski definition) is 3. The highest BCUT2D eigenvalue weighted by Gasteiger charge is 2.33. The zero-order valence-electron chi connectivity index (χ0n) is 11.7. The Balaban J connectivity index is 1.85. The minimum atomic E-state index is -0.343. The number of carbonyl (C=O) groups excluding carboxylic acids is 1. The van der Waals surface area contributed by atoms with E-state index < -0.39 is 0 Å². The molecule has 22 heavy (non-hydrogen) atoms. The molecule has 0 saturated heterocycles. The third-order valence-corrected chi connectivity index (χ3v) is 4.01. The van der Waals surface area contributed by atoms with E-state index in [4.69, 9.17) is 4.63 Å². The van der Waals surface area contributed by atoms with Gasteiger partial charge in [0.15, 0.2) is 5.78 Å². The number of Topliss-reactive ketones (excluding diaryl/α,β-unsaturated/α-hetero) is 1. The molecule has 1 aliphatic heterocycles. The smallest absolute Gasteiger partial charge is 0.219 e. The first-order chi connectivity index (χ1) is 10.7. The molecular formula is C15H14N4O3. The van der Waals surface area contributed by atoms with Gasteiger partial charge in [-0.2, -0.15) is 0 Å². The Bertz CT molecular complexity index is 763. The maximum Gasteiger partial charge on any atom is 0.219 e. The van der Waals surface area contributed by atoms with Crippen molar-refractivity contribution < 1.29 is 14.5 Å². The van der Waals surface area contributed by atoms with Crippen molar-refractivity contribution in [1.82, 2.24) is 10.3 Å². The van der Waals surface area contributed by atoms with Crippen molar-refractivity contribution in [3.63, 3.8) is 0 Å². The van der Waals surface area contributed by atoms with Gasteiger partial charge in [0.1, 0.15) is 5.75 Å². The minimum absolute atomic E-state index is 0.112. The lowest BCUT2D eigenvalue weighted by Gasteiger charge is -2.24. The van der Waals surface area contributed by atoms with Gasteiger partial charge in [-0.1, -0.05) is 12.1 Å². The SMILES string of the molecule is O=C1CCCC2=C1[C@@H](c1ccc(O)cc1)Nc1nonc1N2. The highest BCUT2D eigenvalue weighted by molar-refractivity contribution is 6.00. The Labute approximate surface area is 126 Å². The summed E-state index contributed by atoms with van der Waals surface area (Å²) in [6.45, 7) is 0. The van der Waals surface area contributed by atoms with Gasteiger partial charge >= 0.3 is 0 Å². The fourth-order valence-electron chi connectivity index (χ4n) is 2.96. The van der Waals surface area contributed by atoms with E-state index in [9.17, 15) is 9.90 Å². The zero-order valence-corrected chi connectivity index (χ0v) is 11.7. The number of anilines is 2. The van der Waals surface area contributed by atoms with Gasteiger partial charge in [0, 0.05) is 17.7 Å². The highest BCUT2D eigenvalue weighted by atomic mass is 16.6. The first-order valence-corrected chi connectivity index (χ1v) is 7.13. The number of carbonyl (C=O) groups is 1. The van der Waals surface area contributed by atoms with Gasteiger partial charge in [-0.3, -0.25) is 4.79 Å². The van der Waals surface area contributed by atoms with Crippen molar-refractivity contribution in [2.24, 2.45) is 0 Å². The summed E-state index contributed by atoms with van der Waals surface area (Å²) in [4.78, 5) is 12.5. The molecule has 3 N–H and O–H groups in total. The summed E-state index contributed by atoms with van der Waals surface area (Å²) < 4.78 is 4.76. The first-order valence-electron chi connectivity index (χ1n) is 7.13. The molecule has 4 rings (SSSR count). The molecule has 0 fully saturated rings. The Morgan fingerprint density at radius 3 is 2.73 bits per heavy atom. The van der Waals surface area contributed by atoms with Crippen molar-refractivity contribution >= 4 is 17.4 Å². The number of ketones is 1. The van der Waals surface area contributed by atoms with Crippen molar-refractivity contribution in [2.45, 2.75) is 25.3 Å². The fourth-order valence-corrected chi connectivity index (χ4v) is 2.96. The third kappa shape index (κ3) is 2.02. The summed E-state index contributed by atoms with van der Waals surface area (Å²) in [5.74, 6) is 1.26. The number of nitrogens with zero attached hydrogens (tertiary/aromatic N) is 2. The number of hydrogen-bond acceptors (Lipinski definition) is 7. The van der Waals surface area contributed by atoms with Crippen LogP contribution in [0.3, 0.4) is 0 Å². The van der Waals surface area contributed by atoms with Crippen LogP contribution in [0.15, 0.2) is 40.2 Å². The zero-order chi connectivity index (χ0) is 15.1. The highest BCUT2D eigenvalue weighted by Crippen LogP contribution is 2.39. The maximum absolute atomic E-state index is 12.5. The van der Waals surface area contributed by atoms with Crippen LogP contribution in [-0.2, 0) is 4.79 Å². The van der Waals surface area contributed by atoms with Crippen LogP contribution in [0.2, 0.25) is 0 Å². The molecule has 7 heteroatoms. The number of rotatable bonds is 1. The minimum Gasteiger partial charge on any atom is -0.508 e. The van der Waals surface area contributed by atoms with Crippen molar-refractivity contribution in [3.05, 3.63) is 41.1 Å². The molecule has 2 heterocycles. The monoisotopic (exact) mass is 298 g/mol. The lowest BCUT2D eigenvalue weighted by Crippen LogP contribution is -2.23. The van der Waals surface area contributed by atoms with Crippen molar-refractivity contribution in [3.8, 4) is 5.75 Å². The number of aromatic nitrogens is 2. The van der Waals surface area contributed by atoms with E-state index in [-0.39, 0.29) is 17.6 Å². The van der Waals surface area contributed by atoms with E-state index in [1.54, 1.807) is 24.3 Å². The van der Waals surface area contributed by atoms with Crippen LogP contribution in [0, 0.1) is 0 Å². The summed E-state index contributed by atoms with van der Waals surface area (Å²) in [6.07, 6.45) is 2.13. The van der Waals surface area contributed by atoms with Gasteiger partial charge in [0.2, 0.25) is 11.6 Å². The number of nitrogens with one attached hydrogen (secondary N) is 2. The molecule has 2 aromatic rings. The van der Waals surface area contributed by atoms with Gasteiger partial charge in [-0.05, 0) is 40.9 Å². The molecule has 7 nitrogen and oxygen atoms in total. The number of benzene rings is 1. The standard InChI is InChI=1S/C15H14N4O3/c20-9-6-4-8(5-7-9)13-12-10(2-1-3-11(12)21)16-14-15(17-13)19-22-18-14/h4-7,13,20H,1-3H2,(H,16,18)(H,17,19)/t13-/m1/s1. The first kappa shape index (κ1) is 12.9. The quantitative estimate of drug-likeness (QED) is 0.743. The van der Waals surface area contributed by atoms with Crippen LogP contribution in [0.4, 0.5) is 11.6 Å². The molecule has 1 aromatic carbocycles. The van der Waals surface area contributed by atoms with Crippen LogP contribution >= 0.6 is 0 Å². The van der Waals surface area contributed by atoms with Gasteiger partial charge in [-0.15, -0.1) is 0 Å². The molecule has 1 aliphatic carbocycles. The number of aromatic hydroxyl groups is 1. The Morgan fingerprint density at radius 2 is 1.91 bits per heavy atom. The molecule has 1 atom stereocenters. The van der Waals surface area contributed by atoms with Crippen molar-refractivity contribution in [2.75, 3.05) is 10.6 Å². The van der Waals surface area contributed by atoms with Crippen LogP contribution in [0.1, 0.15) is 30.9 Å². The summed E-state index contributed by atoms with van der Waals surface area (Å²) >= 11 is 0. The Kier molecular flexibility index (Phi) is 2.85.